The molecular formula is C24H26N2O2. The second kappa shape index (κ2) is 6.78. The summed E-state index contributed by atoms with van der Waals surface area (Å²) in [6, 6.07) is 18.0. The van der Waals surface area contributed by atoms with E-state index in [4.69, 9.17) is 0 Å². The van der Waals surface area contributed by atoms with Crippen LogP contribution in [-0.4, -0.2) is 33.5 Å². The van der Waals surface area contributed by atoms with Crippen LogP contribution >= 0.6 is 0 Å². The molecule has 2 aliphatic rings. The van der Waals surface area contributed by atoms with Crippen molar-refractivity contribution in [1.82, 2.24) is 9.88 Å². The molecule has 0 spiro atoms. The third kappa shape index (κ3) is 2.67. The summed E-state index contributed by atoms with van der Waals surface area (Å²) in [5.41, 5.74) is 1.90. The van der Waals surface area contributed by atoms with Crippen LogP contribution in [0, 0.1) is 5.92 Å². The van der Waals surface area contributed by atoms with Crippen LogP contribution in [0.2, 0.25) is 0 Å². The second-order valence-electron chi connectivity index (χ2n) is 8.24. The van der Waals surface area contributed by atoms with Gasteiger partial charge in [0, 0.05) is 41.2 Å². The summed E-state index contributed by atoms with van der Waals surface area (Å²) in [6.07, 6.45) is 6.64. The van der Waals surface area contributed by atoms with Gasteiger partial charge in [0.2, 0.25) is 0 Å². The number of H-pyrrole nitrogens is 1. The topological polar surface area (TPSA) is 56.3 Å². The van der Waals surface area contributed by atoms with Gasteiger partial charge in [0.15, 0.2) is 0 Å². The van der Waals surface area contributed by atoms with Crippen molar-refractivity contribution in [3.8, 4) is 0 Å². The normalized spacial score (nSPS) is 27.5. The standard InChI is InChI=1S/C24H26N2O2/c27-23(19-9-6-11-21-18(19)13-15-25-21)26-16-14-24(28,17-7-2-1-3-8-17)20-10-4-5-12-22(20)26/h1-3,6-9,11,13,15,20,22,25,28H,4-5,10,12,14,16H2/t20-,22-,24?/m0/s1. The molecule has 2 N–H and O–H groups in total. The number of aromatic amines is 1. The van der Waals surface area contributed by atoms with Crippen molar-refractivity contribution in [2.24, 2.45) is 5.92 Å². The van der Waals surface area contributed by atoms with Crippen LogP contribution in [0.4, 0.5) is 0 Å². The van der Waals surface area contributed by atoms with E-state index < -0.39 is 5.60 Å². The summed E-state index contributed by atoms with van der Waals surface area (Å²) < 4.78 is 0. The third-order valence-electron chi connectivity index (χ3n) is 6.84. The lowest BCUT2D eigenvalue weighted by Crippen LogP contribution is -2.59. The quantitative estimate of drug-likeness (QED) is 0.696. The first-order valence-electron chi connectivity index (χ1n) is 10.3. The number of fused-ring (bicyclic) bond motifs is 2. The molecule has 1 aliphatic heterocycles. The number of aromatic nitrogens is 1. The monoisotopic (exact) mass is 374 g/mol. The van der Waals surface area contributed by atoms with Crippen LogP contribution in [0.15, 0.2) is 60.8 Å². The summed E-state index contributed by atoms with van der Waals surface area (Å²) >= 11 is 0. The smallest absolute Gasteiger partial charge is 0.254 e. The average Bonchev–Trinajstić information content (AvgIpc) is 3.23. The Morgan fingerprint density at radius 3 is 2.71 bits per heavy atom. The highest BCUT2D eigenvalue weighted by Gasteiger charge is 2.50. The molecule has 3 aromatic rings. The lowest BCUT2D eigenvalue weighted by molar-refractivity contribution is -0.110. The fraction of sp³-hybridized carbons (Fsp3) is 0.375. The zero-order valence-electron chi connectivity index (χ0n) is 16.0. The summed E-state index contributed by atoms with van der Waals surface area (Å²) in [4.78, 5) is 18.8. The molecule has 0 bridgehead atoms. The van der Waals surface area contributed by atoms with Gasteiger partial charge < -0.3 is 15.0 Å². The molecule has 1 amide bonds. The highest BCUT2D eigenvalue weighted by Crippen LogP contribution is 2.47. The van der Waals surface area contributed by atoms with Gasteiger partial charge in [0.1, 0.15) is 0 Å². The maximum atomic E-state index is 13.5. The maximum absolute atomic E-state index is 13.5. The van der Waals surface area contributed by atoms with E-state index in [1.165, 1.54) is 0 Å². The summed E-state index contributed by atoms with van der Waals surface area (Å²) in [5.74, 6) is 0.184. The number of piperidine rings is 1. The Bertz CT molecular complexity index is 996. The Morgan fingerprint density at radius 1 is 1.04 bits per heavy atom. The molecule has 28 heavy (non-hydrogen) atoms. The number of hydrogen-bond acceptors (Lipinski definition) is 2. The number of nitrogens with one attached hydrogen (secondary N) is 1. The van der Waals surface area contributed by atoms with Gasteiger partial charge in [-0.1, -0.05) is 49.2 Å². The van der Waals surface area contributed by atoms with Crippen LogP contribution in [-0.2, 0) is 5.60 Å². The largest absolute Gasteiger partial charge is 0.385 e. The van der Waals surface area contributed by atoms with Crippen molar-refractivity contribution >= 4 is 16.8 Å². The molecular weight excluding hydrogens is 348 g/mol. The van der Waals surface area contributed by atoms with Crippen molar-refractivity contribution < 1.29 is 9.90 Å². The maximum Gasteiger partial charge on any atom is 0.254 e. The summed E-state index contributed by atoms with van der Waals surface area (Å²) in [7, 11) is 0. The Hall–Kier alpha value is -2.59. The van der Waals surface area contributed by atoms with E-state index in [2.05, 4.69) is 4.98 Å². The van der Waals surface area contributed by atoms with E-state index in [1.807, 2.05) is 65.7 Å². The van der Waals surface area contributed by atoms with E-state index in [9.17, 15) is 9.90 Å². The molecule has 0 radical (unpaired) electrons. The number of benzene rings is 2. The van der Waals surface area contributed by atoms with Gasteiger partial charge >= 0.3 is 0 Å². The van der Waals surface area contributed by atoms with E-state index in [1.54, 1.807) is 0 Å². The van der Waals surface area contributed by atoms with Gasteiger partial charge in [-0.15, -0.1) is 0 Å². The SMILES string of the molecule is O=C(c1cccc2[nH]ccc12)N1CCC(O)(c2ccccc2)[C@H]2CCCC[C@@H]21. The minimum Gasteiger partial charge on any atom is -0.385 e. The Kier molecular flexibility index (Phi) is 4.24. The van der Waals surface area contributed by atoms with E-state index in [0.29, 0.717) is 13.0 Å². The number of likely N-dealkylation sites (tertiary alicyclic amines) is 1. The van der Waals surface area contributed by atoms with Gasteiger partial charge in [-0.05, 0) is 43.0 Å². The minimum absolute atomic E-state index is 0.0896. The number of rotatable bonds is 2. The van der Waals surface area contributed by atoms with E-state index in [0.717, 1.165) is 47.7 Å². The average molecular weight is 374 g/mol. The van der Waals surface area contributed by atoms with Gasteiger partial charge in [0.05, 0.1) is 5.60 Å². The molecule has 2 aromatic carbocycles. The van der Waals surface area contributed by atoms with Gasteiger partial charge in [0.25, 0.3) is 5.91 Å². The Balaban J connectivity index is 1.51. The number of amides is 1. The van der Waals surface area contributed by atoms with Crippen molar-refractivity contribution in [1.29, 1.82) is 0 Å². The van der Waals surface area contributed by atoms with Crippen LogP contribution < -0.4 is 0 Å². The molecule has 2 heterocycles. The number of nitrogens with zero attached hydrogens (tertiary/aromatic N) is 1. The van der Waals surface area contributed by atoms with Crippen LogP contribution in [0.5, 0.6) is 0 Å². The van der Waals surface area contributed by atoms with Gasteiger partial charge in [-0.3, -0.25) is 4.79 Å². The first kappa shape index (κ1) is 17.5. The zero-order chi connectivity index (χ0) is 19.1. The molecule has 1 saturated heterocycles. The molecule has 1 aromatic heterocycles. The van der Waals surface area contributed by atoms with Crippen LogP contribution in [0.25, 0.3) is 10.9 Å². The fourth-order valence-corrected chi connectivity index (χ4v) is 5.45. The Morgan fingerprint density at radius 2 is 1.86 bits per heavy atom. The molecule has 4 heteroatoms. The summed E-state index contributed by atoms with van der Waals surface area (Å²) in [6.45, 7) is 0.589. The van der Waals surface area contributed by atoms with Crippen LogP contribution in [0.3, 0.4) is 0 Å². The fourth-order valence-electron chi connectivity index (χ4n) is 5.45. The van der Waals surface area contributed by atoms with E-state index >= 15 is 0 Å². The lowest BCUT2D eigenvalue weighted by atomic mass is 9.66. The lowest BCUT2D eigenvalue weighted by Gasteiger charge is -2.52. The second-order valence-corrected chi connectivity index (χ2v) is 8.24. The third-order valence-corrected chi connectivity index (χ3v) is 6.84. The first-order chi connectivity index (χ1) is 13.7. The number of carbonyl (C=O) groups is 1. The Labute approximate surface area is 165 Å². The van der Waals surface area contributed by atoms with Crippen molar-refractivity contribution in [2.45, 2.75) is 43.7 Å². The number of aliphatic hydroxyl groups is 1. The van der Waals surface area contributed by atoms with Crippen molar-refractivity contribution in [2.75, 3.05) is 6.54 Å². The molecule has 144 valence electrons. The number of carbonyl (C=O) groups excluding carboxylic acids is 1. The zero-order valence-corrected chi connectivity index (χ0v) is 16.0. The highest BCUT2D eigenvalue weighted by atomic mass is 16.3. The number of hydrogen-bond donors (Lipinski definition) is 2. The molecule has 5 rings (SSSR count). The first-order valence-corrected chi connectivity index (χ1v) is 10.3. The molecule has 3 atom stereocenters. The molecule has 1 unspecified atom stereocenters. The predicted octanol–water partition coefficient (Wildman–Crippen LogP) is 4.46. The molecule has 1 saturated carbocycles. The molecule has 1 aliphatic carbocycles. The highest BCUT2D eigenvalue weighted by molar-refractivity contribution is 6.06. The van der Waals surface area contributed by atoms with Crippen LogP contribution in [0.1, 0.15) is 48.0 Å². The van der Waals surface area contributed by atoms with Gasteiger partial charge in [-0.25, -0.2) is 0 Å². The van der Waals surface area contributed by atoms with E-state index in [-0.39, 0.29) is 17.9 Å². The molecule has 4 nitrogen and oxygen atoms in total. The predicted molar refractivity (Wildman–Crippen MR) is 110 cm³/mol. The minimum atomic E-state index is -0.844. The van der Waals surface area contributed by atoms with Gasteiger partial charge in [-0.2, -0.15) is 0 Å². The van der Waals surface area contributed by atoms with Crippen molar-refractivity contribution in [3.05, 3.63) is 71.9 Å². The van der Waals surface area contributed by atoms with Crippen molar-refractivity contribution in [3.63, 3.8) is 0 Å². The summed E-state index contributed by atoms with van der Waals surface area (Å²) in [5, 5.41) is 12.7. The molecule has 2 fully saturated rings.